The summed E-state index contributed by atoms with van der Waals surface area (Å²) in [6.45, 7) is 1.63. The molecule has 0 aliphatic carbocycles. The van der Waals surface area contributed by atoms with Gasteiger partial charge in [0.05, 0.1) is 10.2 Å². The van der Waals surface area contributed by atoms with E-state index in [1.54, 1.807) is 23.5 Å². The standard InChI is InChI=1S/C22H18N2O4S/c25-21(23-10-9-14-5-6-16-19(13-14)27-12-11-26-16)17-7-8-18(28-17)22-24-15-3-1-2-4-20(15)29-22/h1-8,13H,9-12H2,(H,23,25). The fraction of sp³-hybridized carbons (Fsp3) is 0.182. The molecular formula is C22H18N2O4S. The first-order valence-corrected chi connectivity index (χ1v) is 10.2. The van der Waals surface area contributed by atoms with Gasteiger partial charge in [0, 0.05) is 6.54 Å². The SMILES string of the molecule is O=C(NCCc1ccc2c(c1)OCCO2)c1ccc(-c2nc3ccccc3s2)o1. The first-order valence-electron chi connectivity index (χ1n) is 9.39. The van der Waals surface area contributed by atoms with Crippen molar-refractivity contribution >= 4 is 27.5 Å². The molecule has 1 aliphatic heterocycles. The van der Waals surface area contributed by atoms with Gasteiger partial charge in [-0.1, -0.05) is 18.2 Å². The van der Waals surface area contributed by atoms with Gasteiger partial charge >= 0.3 is 0 Å². The molecular weight excluding hydrogens is 388 g/mol. The third-order valence-electron chi connectivity index (χ3n) is 4.64. The van der Waals surface area contributed by atoms with Gasteiger partial charge < -0.3 is 19.2 Å². The van der Waals surface area contributed by atoms with Crippen LogP contribution in [-0.2, 0) is 6.42 Å². The minimum atomic E-state index is -0.241. The number of para-hydroxylation sites is 1. The van der Waals surface area contributed by atoms with E-state index in [1.165, 1.54) is 0 Å². The Morgan fingerprint density at radius 1 is 1.03 bits per heavy atom. The highest BCUT2D eigenvalue weighted by Gasteiger charge is 2.15. The quantitative estimate of drug-likeness (QED) is 0.535. The summed E-state index contributed by atoms with van der Waals surface area (Å²) in [6.07, 6.45) is 0.688. The van der Waals surface area contributed by atoms with E-state index in [9.17, 15) is 4.79 Å². The first kappa shape index (κ1) is 17.8. The van der Waals surface area contributed by atoms with Gasteiger partial charge in [-0.15, -0.1) is 11.3 Å². The number of benzene rings is 2. The van der Waals surface area contributed by atoms with E-state index in [0.29, 0.717) is 31.9 Å². The molecule has 0 atom stereocenters. The fourth-order valence-electron chi connectivity index (χ4n) is 3.20. The highest BCUT2D eigenvalue weighted by atomic mass is 32.1. The van der Waals surface area contributed by atoms with Crippen LogP contribution < -0.4 is 14.8 Å². The number of furan rings is 1. The van der Waals surface area contributed by atoms with E-state index in [0.717, 1.165) is 32.3 Å². The van der Waals surface area contributed by atoms with Crippen molar-refractivity contribution in [3.05, 3.63) is 65.9 Å². The zero-order chi connectivity index (χ0) is 19.6. The maximum absolute atomic E-state index is 12.4. The lowest BCUT2D eigenvalue weighted by Crippen LogP contribution is -2.25. The molecule has 0 saturated heterocycles. The molecule has 29 heavy (non-hydrogen) atoms. The molecule has 0 fully saturated rings. The van der Waals surface area contributed by atoms with Gasteiger partial charge in [-0.05, 0) is 48.4 Å². The van der Waals surface area contributed by atoms with E-state index < -0.39 is 0 Å². The molecule has 6 nitrogen and oxygen atoms in total. The Balaban J connectivity index is 1.21. The Morgan fingerprint density at radius 3 is 2.79 bits per heavy atom. The highest BCUT2D eigenvalue weighted by molar-refractivity contribution is 7.21. The normalized spacial score (nSPS) is 12.8. The summed E-state index contributed by atoms with van der Waals surface area (Å²) in [4.78, 5) is 17.0. The topological polar surface area (TPSA) is 73.6 Å². The van der Waals surface area contributed by atoms with Crippen LogP contribution in [0.25, 0.3) is 21.0 Å². The number of ether oxygens (including phenoxy) is 2. The van der Waals surface area contributed by atoms with Crippen molar-refractivity contribution in [3.8, 4) is 22.3 Å². The molecule has 0 unspecified atom stereocenters. The lowest BCUT2D eigenvalue weighted by Gasteiger charge is -2.18. The number of hydrogen-bond donors (Lipinski definition) is 1. The maximum Gasteiger partial charge on any atom is 0.287 e. The predicted octanol–water partition coefficient (Wildman–Crippen LogP) is 4.30. The maximum atomic E-state index is 12.4. The van der Waals surface area contributed by atoms with Crippen molar-refractivity contribution in [1.82, 2.24) is 10.3 Å². The number of rotatable bonds is 5. The van der Waals surface area contributed by atoms with Crippen molar-refractivity contribution in [3.63, 3.8) is 0 Å². The molecule has 0 radical (unpaired) electrons. The van der Waals surface area contributed by atoms with Gasteiger partial charge in [0.1, 0.15) is 13.2 Å². The molecule has 1 aliphatic rings. The lowest BCUT2D eigenvalue weighted by atomic mass is 10.1. The molecule has 7 heteroatoms. The van der Waals surface area contributed by atoms with Crippen LogP contribution in [0.1, 0.15) is 16.1 Å². The molecule has 0 saturated carbocycles. The monoisotopic (exact) mass is 406 g/mol. The summed E-state index contributed by atoms with van der Waals surface area (Å²) < 4.78 is 17.9. The van der Waals surface area contributed by atoms with Crippen LogP contribution in [0.15, 0.2) is 59.0 Å². The molecule has 3 heterocycles. The van der Waals surface area contributed by atoms with Gasteiger partial charge in [0.25, 0.3) is 5.91 Å². The van der Waals surface area contributed by atoms with E-state index in [4.69, 9.17) is 13.9 Å². The molecule has 4 aromatic rings. The number of thiazole rings is 1. The summed E-state index contributed by atoms with van der Waals surface area (Å²) in [6, 6.07) is 17.2. The third-order valence-corrected chi connectivity index (χ3v) is 5.69. The van der Waals surface area contributed by atoms with Crippen molar-refractivity contribution < 1.29 is 18.7 Å². The highest BCUT2D eigenvalue weighted by Crippen LogP contribution is 2.32. The van der Waals surface area contributed by atoms with Crippen LogP contribution in [0.4, 0.5) is 0 Å². The average Bonchev–Trinajstić information content (AvgIpc) is 3.40. The van der Waals surface area contributed by atoms with Gasteiger partial charge in [-0.2, -0.15) is 0 Å². The van der Waals surface area contributed by atoms with E-state index in [1.807, 2.05) is 42.5 Å². The summed E-state index contributed by atoms with van der Waals surface area (Å²) in [5.74, 6) is 2.16. The summed E-state index contributed by atoms with van der Waals surface area (Å²) in [7, 11) is 0. The minimum Gasteiger partial charge on any atom is -0.486 e. The van der Waals surface area contributed by atoms with Crippen LogP contribution in [0.2, 0.25) is 0 Å². The number of carbonyl (C=O) groups is 1. The molecule has 2 aromatic carbocycles. The number of hydrogen-bond acceptors (Lipinski definition) is 6. The molecule has 0 bridgehead atoms. The number of carbonyl (C=O) groups excluding carboxylic acids is 1. The van der Waals surface area contributed by atoms with Crippen LogP contribution in [-0.4, -0.2) is 30.6 Å². The van der Waals surface area contributed by atoms with Gasteiger partial charge in [-0.25, -0.2) is 4.98 Å². The summed E-state index contributed by atoms with van der Waals surface area (Å²) in [5, 5.41) is 3.66. The Bertz CT molecular complexity index is 1150. The third kappa shape index (κ3) is 3.69. The van der Waals surface area contributed by atoms with Gasteiger partial charge in [0.2, 0.25) is 0 Å². The molecule has 146 valence electrons. The van der Waals surface area contributed by atoms with Crippen LogP contribution in [0, 0.1) is 0 Å². The smallest absolute Gasteiger partial charge is 0.287 e. The van der Waals surface area contributed by atoms with Crippen LogP contribution in [0.3, 0.4) is 0 Å². The summed E-state index contributed by atoms with van der Waals surface area (Å²) in [5.41, 5.74) is 2.00. The second kappa shape index (κ2) is 7.60. The first-order chi connectivity index (χ1) is 14.3. The Morgan fingerprint density at radius 2 is 1.90 bits per heavy atom. The molecule has 1 N–H and O–H groups in total. The van der Waals surface area contributed by atoms with Crippen LogP contribution >= 0.6 is 11.3 Å². The Labute approximate surface area is 171 Å². The van der Waals surface area contributed by atoms with E-state index in [-0.39, 0.29) is 11.7 Å². The van der Waals surface area contributed by atoms with Crippen molar-refractivity contribution in [2.45, 2.75) is 6.42 Å². The number of nitrogens with zero attached hydrogens (tertiary/aromatic N) is 1. The van der Waals surface area contributed by atoms with Crippen LogP contribution in [0.5, 0.6) is 11.5 Å². The lowest BCUT2D eigenvalue weighted by molar-refractivity contribution is 0.0927. The second-order valence-corrected chi connectivity index (χ2v) is 7.67. The summed E-state index contributed by atoms with van der Waals surface area (Å²) >= 11 is 1.54. The average molecular weight is 406 g/mol. The molecule has 0 spiro atoms. The van der Waals surface area contributed by atoms with Crippen molar-refractivity contribution in [2.24, 2.45) is 0 Å². The number of aromatic nitrogens is 1. The molecule has 1 amide bonds. The largest absolute Gasteiger partial charge is 0.486 e. The van der Waals surface area contributed by atoms with Gasteiger partial charge in [-0.3, -0.25) is 4.79 Å². The van der Waals surface area contributed by atoms with Crippen molar-refractivity contribution in [2.75, 3.05) is 19.8 Å². The fourth-order valence-corrected chi connectivity index (χ4v) is 4.13. The molecule has 2 aromatic heterocycles. The number of fused-ring (bicyclic) bond motifs is 2. The number of amides is 1. The Kier molecular flexibility index (Phi) is 4.65. The van der Waals surface area contributed by atoms with Crippen molar-refractivity contribution in [1.29, 1.82) is 0 Å². The second-order valence-electron chi connectivity index (χ2n) is 6.63. The van der Waals surface area contributed by atoms with Gasteiger partial charge in [0.15, 0.2) is 28.0 Å². The van der Waals surface area contributed by atoms with E-state index in [2.05, 4.69) is 10.3 Å². The predicted molar refractivity (Wildman–Crippen MR) is 111 cm³/mol. The number of nitrogens with one attached hydrogen (secondary N) is 1. The van der Waals surface area contributed by atoms with E-state index >= 15 is 0 Å². The minimum absolute atomic E-state index is 0.241. The zero-order valence-corrected chi connectivity index (χ0v) is 16.3. The Hall–Kier alpha value is -3.32. The zero-order valence-electron chi connectivity index (χ0n) is 15.5. The molecule has 5 rings (SSSR count).